The highest BCUT2D eigenvalue weighted by molar-refractivity contribution is 14.1. The second kappa shape index (κ2) is 7.40. The van der Waals surface area contributed by atoms with Gasteiger partial charge in [-0.1, -0.05) is 6.92 Å². The molecule has 1 aromatic rings. The van der Waals surface area contributed by atoms with Crippen molar-refractivity contribution in [2.24, 2.45) is 0 Å². The zero-order valence-corrected chi connectivity index (χ0v) is 17.7. The van der Waals surface area contributed by atoms with Gasteiger partial charge >= 0.3 is 5.97 Å². The van der Waals surface area contributed by atoms with Crippen molar-refractivity contribution < 1.29 is 14.8 Å². The lowest BCUT2D eigenvalue weighted by Gasteiger charge is -2.34. The summed E-state index contributed by atoms with van der Waals surface area (Å²) >= 11 is 6.74. The first-order chi connectivity index (χ1) is 9.47. The van der Waals surface area contributed by atoms with Gasteiger partial charge in [-0.2, -0.15) is 0 Å². The Morgan fingerprint density at radius 3 is 2.55 bits per heavy atom. The molecule has 0 saturated carbocycles. The summed E-state index contributed by atoms with van der Waals surface area (Å²) in [4.78, 5) is 12.6. The molecule has 0 amide bonds. The second-order valence-corrected chi connectivity index (χ2v) is 8.53. The molecule has 6 heteroatoms. The maximum absolute atomic E-state index is 12.6. The number of hydrogen-bond donors (Lipinski definition) is 1. The lowest BCUT2D eigenvalue weighted by molar-refractivity contribution is -0.668. The average Bonchev–Trinajstić information content (AvgIpc) is 2.43. The summed E-state index contributed by atoms with van der Waals surface area (Å²) in [5.74, 6) is -0.172. The van der Waals surface area contributed by atoms with Gasteiger partial charge in [-0.15, -0.1) is 0 Å². The van der Waals surface area contributed by atoms with Crippen LogP contribution in [0, 0.1) is 10.7 Å². The van der Waals surface area contributed by atoms with Gasteiger partial charge in [0.25, 0.3) is 0 Å². The summed E-state index contributed by atoms with van der Waals surface area (Å²) in [6.07, 6.45) is 2.80. The van der Waals surface area contributed by atoms with Gasteiger partial charge in [0.2, 0.25) is 0 Å². The molecule has 0 radical (unpaired) electrons. The molecule has 20 heavy (non-hydrogen) atoms. The van der Waals surface area contributed by atoms with Crippen LogP contribution < -0.4 is 5.32 Å². The lowest BCUT2D eigenvalue weighted by Crippen LogP contribution is -2.88. The Morgan fingerprint density at radius 2 is 1.95 bits per heavy atom. The predicted molar refractivity (Wildman–Crippen MR) is 104 cm³/mol. The van der Waals surface area contributed by atoms with Crippen molar-refractivity contribution in [1.82, 2.24) is 0 Å². The van der Waals surface area contributed by atoms with E-state index >= 15 is 0 Å². The second-order valence-electron chi connectivity index (χ2n) is 5.04. The smallest absolute Gasteiger partial charge is 0.339 e. The third-order valence-corrected chi connectivity index (χ3v) is 7.44. The zero-order valence-electron chi connectivity index (χ0n) is 11.2. The molecule has 2 N–H and O–H groups in total. The summed E-state index contributed by atoms with van der Waals surface area (Å²) in [6, 6.07) is 4.00. The fourth-order valence-electron chi connectivity index (χ4n) is 2.48. The van der Waals surface area contributed by atoms with Gasteiger partial charge in [0, 0.05) is 23.6 Å². The molecule has 1 heterocycles. The molecule has 1 aliphatic heterocycles. The number of nitrogens with two attached hydrogens (primary N) is 1. The van der Waals surface area contributed by atoms with E-state index in [2.05, 4.69) is 86.1 Å². The Bertz CT molecular complexity index is 513. The van der Waals surface area contributed by atoms with Crippen LogP contribution in [0.5, 0.6) is 0 Å². The average molecular weight is 612 g/mol. The van der Waals surface area contributed by atoms with Crippen LogP contribution in [0.4, 0.5) is 0 Å². The fourth-order valence-corrected chi connectivity index (χ4v) is 4.86. The molecule has 0 atom stereocenters. The minimum Gasteiger partial charge on any atom is -0.455 e. The normalized spacial score (nSPS) is 17.8. The van der Waals surface area contributed by atoms with E-state index in [4.69, 9.17) is 4.74 Å². The molecule has 0 aromatic heterocycles. The van der Waals surface area contributed by atoms with Crippen molar-refractivity contribution in [3.63, 3.8) is 0 Å². The molecule has 1 saturated heterocycles. The maximum Gasteiger partial charge on any atom is 0.339 e. The summed E-state index contributed by atoms with van der Waals surface area (Å²) in [7, 11) is 0. The third-order valence-electron chi connectivity index (χ3n) is 3.77. The lowest BCUT2D eigenvalue weighted by atomic mass is 9.89. The Balaban J connectivity index is 2.23. The topological polar surface area (TPSA) is 42.9 Å². The largest absolute Gasteiger partial charge is 0.455 e. The van der Waals surface area contributed by atoms with E-state index in [1.54, 1.807) is 0 Å². The Labute approximate surface area is 160 Å². The van der Waals surface area contributed by atoms with Gasteiger partial charge in [0.1, 0.15) is 5.60 Å². The number of piperidine rings is 1. The molecule has 110 valence electrons. The van der Waals surface area contributed by atoms with Crippen LogP contribution in [0.25, 0.3) is 0 Å². The number of benzene rings is 1. The quantitative estimate of drug-likeness (QED) is 0.324. The first-order valence-corrected chi connectivity index (χ1v) is 9.90. The van der Waals surface area contributed by atoms with Crippen molar-refractivity contribution in [1.29, 1.82) is 0 Å². The number of ether oxygens (including phenoxy) is 1. The molecule has 2 rings (SSSR count). The third kappa shape index (κ3) is 3.97. The number of halogens is 3. The molecule has 0 aliphatic carbocycles. The van der Waals surface area contributed by atoms with Gasteiger partial charge in [0.15, 0.2) is 0 Å². The number of carbonyl (C=O) groups excluding carboxylic acids is 1. The van der Waals surface area contributed by atoms with Crippen LogP contribution in [0.3, 0.4) is 0 Å². The van der Waals surface area contributed by atoms with Gasteiger partial charge < -0.3 is 10.1 Å². The molecule has 0 unspecified atom stereocenters. The van der Waals surface area contributed by atoms with Crippen LogP contribution in [0.2, 0.25) is 0 Å². The summed E-state index contributed by atoms with van der Waals surface area (Å²) < 4.78 is 9.10. The van der Waals surface area contributed by atoms with Gasteiger partial charge in [-0.3, -0.25) is 0 Å². The van der Waals surface area contributed by atoms with Crippen molar-refractivity contribution >= 4 is 73.7 Å². The van der Waals surface area contributed by atoms with Crippen LogP contribution in [0.15, 0.2) is 12.1 Å². The summed E-state index contributed by atoms with van der Waals surface area (Å²) in [5.41, 5.74) is 0.436. The molecule has 0 bridgehead atoms. The predicted octanol–water partition coefficient (Wildman–Crippen LogP) is 3.16. The molecule has 3 nitrogen and oxygen atoms in total. The monoisotopic (exact) mass is 612 g/mol. The number of esters is 1. The first-order valence-electron chi connectivity index (χ1n) is 6.67. The van der Waals surface area contributed by atoms with E-state index in [9.17, 15) is 4.79 Å². The van der Waals surface area contributed by atoms with Crippen molar-refractivity contribution in [2.45, 2.75) is 31.8 Å². The van der Waals surface area contributed by atoms with Crippen molar-refractivity contribution in [3.8, 4) is 0 Å². The number of rotatable bonds is 3. The number of hydrogen-bond acceptors (Lipinski definition) is 2. The highest BCUT2D eigenvalue weighted by Gasteiger charge is 2.36. The fraction of sp³-hybridized carbons (Fsp3) is 0.500. The molecular formula is C14H17I3NO2+. The van der Waals surface area contributed by atoms with Gasteiger partial charge in [-0.25, -0.2) is 4.79 Å². The maximum atomic E-state index is 12.6. The van der Waals surface area contributed by atoms with E-state index in [1.165, 1.54) is 0 Å². The summed E-state index contributed by atoms with van der Waals surface area (Å²) in [5, 5.41) is 2.29. The van der Waals surface area contributed by atoms with Crippen LogP contribution in [-0.4, -0.2) is 24.7 Å². The van der Waals surface area contributed by atoms with Crippen molar-refractivity contribution in [3.05, 3.63) is 28.4 Å². The molecule has 1 aromatic carbocycles. The Hall–Kier alpha value is 0.840. The molecule has 1 fully saturated rings. The van der Waals surface area contributed by atoms with Crippen LogP contribution in [-0.2, 0) is 4.74 Å². The zero-order chi connectivity index (χ0) is 14.8. The number of carbonyl (C=O) groups is 1. The Morgan fingerprint density at radius 1 is 1.30 bits per heavy atom. The first kappa shape index (κ1) is 17.2. The van der Waals surface area contributed by atoms with E-state index < -0.39 is 0 Å². The van der Waals surface area contributed by atoms with Crippen molar-refractivity contribution in [2.75, 3.05) is 13.1 Å². The van der Waals surface area contributed by atoms with Crippen LogP contribution >= 0.6 is 67.8 Å². The van der Waals surface area contributed by atoms with Gasteiger partial charge in [0.05, 0.1) is 18.7 Å². The minimum atomic E-state index is -0.262. The minimum absolute atomic E-state index is 0.172. The van der Waals surface area contributed by atoms with E-state index in [0.29, 0.717) is 5.56 Å². The van der Waals surface area contributed by atoms with E-state index in [1.807, 2.05) is 6.07 Å². The van der Waals surface area contributed by atoms with Crippen LogP contribution in [0.1, 0.15) is 36.5 Å². The Kier molecular flexibility index (Phi) is 6.37. The SMILES string of the molecule is CCC1(OC(=O)c2cc(I)cc(I)c2I)CC[NH2+]CC1. The molecular weight excluding hydrogens is 595 g/mol. The van der Waals surface area contributed by atoms with E-state index in [0.717, 1.165) is 43.1 Å². The highest BCUT2D eigenvalue weighted by Crippen LogP contribution is 2.29. The highest BCUT2D eigenvalue weighted by atomic mass is 127. The number of quaternary nitrogens is 1. The van der Waals surface area contributed by atoms with Gasteiger partial charge in [-0.05, 0) is 86.3 Å². The molecule has 1 aliphatic rings. The van der Waals surface area contributed by atoms with E-state index in [-0.39, 0.29) is 11.6 Å². The summed E-state index contributed by atoms with van der Waals surface area (Å²) in [6.45, 7) is 4.20. The standard InChI is InChI=1S/C14H16I3NO2/c1-2-14(3-5-18-6-4-14)20-13(19)10-7-9(15)8-11(16)12(10)17/h7-8,18H,2-6H2,1H3/p+1. The molecule has 0 spiro atoms.